The molecule has 0 radical (unpaired) electrons. The second-order valence-electron chi connectivity index (χ2n) is 8.22. The topological polar surface area (TPSA) is 141 Å². The number of ether oxygens (including phenoxy) is 1. The molecular weight excluding hydrogens is 532 g/mol. The van der Waals surface area contributed by atoms with Crippen LogP contribution in [0.3, 0.4) is 0 Å². The number of esters is 1. The van der Waals surface area contributed by atoms with E-state index in [0.717, 1.165) is 18.2 Å². The van der Waals surface area contributed by atoms with Crippen molar-refractivity contribution in [2.45, 2.75) is 37.4 Å². The first-order valence-corrected chi connectivity index (χ1v) is 12.8. The van der Waals surface area contributed by atoms with Crippen LogP contribution in [-0.2, 0) is 21.3 Å². The van der Waals surface area contributed by atoms with E-state index in [-0.39, 0.29) is 35.0 Å². The van der Waals surface area contributed by atoms with Crippen LogP contribution in [0.1, 0.15) is 40.3 Å². The lowest BCUT2D eigenvalue weighted by Crippen LogP contribution is -2.42. The van der Waals surface area contributed by atoms with Crippen LogP contribution < -0.4 is 15.8 Å². The van der Waals surface area contributed by atoms with Gasteiger partial charge in [-0.3, -0.25) is 4.79 Å². The van der Waals surface area contributed by atoms with Gasteiger partial charge in [-0.25, -0.2) is 27.1 Å². The molecule has 0 aliphatic rings. The molecule has 0 aliphatic carbocycles. The molecule has 3 aromatic rings. The second-order valence-corrected chi connectivity index (χ2v) is 10.2. The van der Waals surface area contributed by atoms with Crippen LogP contribution in [0.2, 0.25) is 5.02 Å². The number of ketones is 1. The van der Waals surface area contributed by atoms with E-state index < -0.39 is 50.4 Å². The van der Waals surface area contributed by atoms with Crippen molar-refractivity contribution in [2.24, 2.45) is 5.14 Å². The first-order chi connectivity index (χ1) is 17.3. The van der Waals surface area contributed by atoms with Crippen molar-refractivity contribution in [1.29, 1.82) is 0 Å². The Labute approximate surface area is 217 Å². The summed E-state index contributed by atoms with van der Waals surface area (Å²) >= 11 is 6.07. The predicted molar refractivity (Wildman–Crippen MR) is 132 cm³/mol. The van der Waals surface area contributed by atoms with E-state index in [4.69, 9.17) is 25.9 Å². The fourth-order valence-corrected chi connectivity index (χ4v) is 4.56. The Hall–Kier alpha value is -3.32. The number of nitrogens with one attached hydrogen (secondary N) is 2. The van der Waals surface area contributed by atoms with Gasteiger partial charge in [0.15, 0.2) is 5.78 Å². The molecule has 2 aromatic carbocycles. The van der Waals surface area contributed by atoms with Crippen LogP contribution in [0.15, 0.2) is 58.0 Å². The van der Waals surface area contributed by atoms with Gasteiger partial charge in [0.25, 0.3) is 0 Å². The number of sulfonamides is 1. The maximum atomic E-state index is 13.4. The van der Waals surface area contributed by atoms with Crippen molar-refractivity contribution in [3.63, 3.8) is 0 Å². The SMILES string of the molecule is CC(COC(=O)c1cc(S(N)(=O)=O)c(Cl)cc1NCc1ccco1)NC(C)C(=O)c1cc(F)cc(F)c1. The van der Waals surface area contributed by atoms with Gasteiger partial charge in [0.2, 0.25) is 10.0 Å². The number of carbonyl (C=O) groups excluding carboxylic acids is 2. The zero-order valence-electron chi connectivity index (χ0n) is 19.8. The molecule has 37 heavy (non-hydrogen) atoms. The smallest absolute Gasteiger partial charge is 0.340 e. The molecule has 1 heterocycles. The van der Waals surface area contributed by atoms with E-state index in [9.17, 15) is 26.8 Å². The number of furan rings is 1. The molecule has 0 saturated carbocycles. The molecule has 13 heteroatoms. The van der Waals surface area contributed by atoms with Crippen molar-refractivity contribution >= 4 is 39.1 Å². The van der Waals surface area contributed by atoms with E-state index in [1.165, 1.54) is 19.3 Å². The number of Topliss-reactive ketones (excluding diaryl/α,β-unsaturated/α-hetero) is 1. The zero-order chi connectivity index (χ0) is 27.3. The predicted octanol–water partition coefficient (Wildman–Crippen LogP) is 3.88. The largest absolute Gasteiger partial charge is 0.467 e. The van der Waals surface area contributed by atoms with Gasteiger partial charge in [-0.2, -0.15) is 0 Å². The highest BCUT2D eigenvalue weighted by Gasteiger charge is 2.23. The highest BCUT2D eigenvalue weighted by Crippen LogP contribution is 2.29. The third-order valence-corrected chi connectivity index (χ3v) is 6.55. The lowest BCUT2D eigenvalue weighted by atomic mass is 10.0. The van der Waals surface area contributed by atoms with Gasteiger partial charge in [0.05, 0.1) is 35.1 Å². The van der Waals surface area contributed by atoms with Gasteiger partial charge >= 0.3 is 5.97 Å². The first-order valence-electron chi connectivity index (χ1n) is 10.9. The molecule has 0 aliphatic heterocycles. The number of halogens is 3. The number of rotatable bonds is 11. The minimum absolute atomic E-state index is 0.147. The molecule has 4 N–H and O–H groups in total. The Balaban J connectivity index is 1.71. The third-order valence-electron chi connectivity index (χ3n) is 5.17. The Kier molecular flexibility index (Phi) is 9.02. The number of anilines is 1. The molecule has 0 amide bonds. The van der Waals surface area contributed by atoms with E-state index in [1.807, 2.05) is 0 Å². The summed E-state index contributed by atoms with van der Waals surface area (Å²) in [6.07, 6.45) is 1.47. The average Bonchev–Trinajstić information content (AvgIpc) is 3.33. The average molecular weight is 556 g/mol. The fraction of sp³-hybridized carbons (Fsp3) is 0.250. The molecule has 3 rings (SSSR count). The number of benzene rings is 2. The molecule has 0 spiro atoms. The van der Waals surface area contributed by atoms with E-state index >= 15 is 0 Å². The molecule has 2 unspecified atom stereocenters. The molecule has 0 saturated heterocycles. The van der Waals surface area contributed by atoms with Gasteiger partial charge in [-0.1, -0.05) is 11.6 Å². The minimum atomic E-state index is -4.24. The van der Waals surface area contributed by atoms with Gasteiger partial charge in [0.1, 0.15) is 28.9 Å². The number of nitrogens with two attached hydrogens (primary N) is 1. The highest BCUT2D eigenvalue weighted by atomic mass is 35.5. The number of hydrogen-bond acceptors (Lipinski definition) is 8. The van der Waals surface area contributed by atoms with Crippen molar-refractivity contribution < 1.29 is 35.9 Å². The number of carbonyl (C=O) groups is 2. The lowest BCUT2D eigenvalue weighted by molar-refractivity contribution is 0.0468. The Morgan fingerprint density at radius 3 is 2.41 bits per heavy atom. The highest BCUT2D eigenvalue weighted by molar-refractivity contribution is 7.89. The van der Waals surface area contributed by atoms with Crippen LogP contribution >= 0.6 is 11.6 Å². The summed E-state index contributed by atoms with van der Waals surface area (Å²) in [6, 6.07) is 6.70. The van der Waals surface area contributed by atoms with Gasteiger partial charge < -0.3 is 19.8 Å². The summed E-state index contributed by atoms with van der Waals surface area (Å²) in [5.41, 5.74) is -0.117. The van der Waals surface area contributed by atoms with Crippen LogP contribution in [0.5, 0.6) is 0 Å². The summed E-state index contributed by atoms with van der Waals surface area (Å²) in [6.45, 7) is 3.06. The summed E-state index contributed by atoms with van der Waals surface area (Å²) in [5.74, 6) is -2.66. The quantitative estimate of drug-likeness (QED) is 0.239. The monoisotopic (exact) mass is 555 g/mol. The summed E-state index contributed by atoms with van der Waals surface area (Å²) in [4.78, 5) is 25.0. The molecule has 2 atom stereocenters. The summed E-state index contributed by atoms with van der Waals surface area (Å²) in [5, 5.41) is 10.8. The second kappa shape index (κ2) is 11.8. The van der Waals surface area contributed by atoms with Crippen LogP contribution in [0, 0.1) is 11.6 Å². The van der Waals surface area contributed by atoms with Crippen molar-refractivity contribution in [3.8, 4) is 0 Å². The van der Waals surface area contributed by atoms with E-state index in [2.05, 4.69) is 10.6 Å². The van der Waals surface area contributed by atoms with Gasteiger partial charge in [-0.15, -0.1) is 0 Å². The van der Waals surface area contributed by atoms with E-state index in [0.29, 0.717) is 11.8 Å². The zero-order valence-corrected chi connectivity index (χ0v) is 21.3. The lowest BCUT2D eigenvalue weighted by Gasteiger charge is -2.20. The van der Waals surface area contributed by atoms with Crippen LogP contribution in [0.25, 0.3) is 0 Å². The van der Waals surface area contributed by atoms with Crippen molar-refractivity contribution in [1.82, 2.24) is 5.32 Å². The fourth-order valence-electron chi connectivity index (χ4n) is 3.46. The van der Waals surface area contributed by atoms with E-state index in [1.54, 1.807) is 19.1 Å². The summed E-state index contributed by atoms with van der Waals surface area (Å²) in [7, 11) is -4.24. The number of primary sulfonamides is 1. The molecule has 1 aromatic heterocycles. The summed E-state index contributed by atoms with van der Waals surface area (Å²) < 4.78 is 61.3. The molecule has 9 nitrogen and oxygen atoms in total. The maximum absolute atomic E-state index is 13.4. The standard InChI is InChI=1S/C24H24ClF2N3O6S/c1-13(30-14(2)23(31)15-6-16(26)8-17(27)7-15)12-36-24(32)19-9-22(37(28,33)34)20(25)10-21(19)29-11-18-4-3-5-35-18/h3-10,13-14,29-30H,11-12H2,1-2H3,(H2,28,33,34). The first kappa shape index (κ1) is 28.3. The Bertz CT molecular complexity index is 1380. The van der Waals surface area contributed by atoms with Crippen LogP contribution in [-0.4, -0.2) is 38.9 Å². The Morgan fingerprint density at radius 2 is 1.81 bits per heavy atom. The normalized spacial score (nSPS) is 13.1. The van der Waals surface area contributed by atoms with Crippen molar-refractivity contribution in [2.75, 3.05) is 11.9 Å². The molecule has 0 bridgehead atoms. The van der Waals surface area contributed by atoms with Gasteiger partial charge in [0, 0.05) is 17.7 Å². The van der Waals surface area contributed by atoms with Crippen molar-refractivity contribution in [3.05, 3.63) is 82.3 Å². The Morgan fingerprint density at radius 1 is 1.14 bits per heavy atom. The minimum Gasteiger partial charge on any atom is -0.467 e. The third kappa shape index (κ3) is 7.59. The number of hydrogen-bond donors (Lipinski definition) is 3. The molecular formula is C24H24ClF2N3O6S. The van der Waals surface area contributed by atoms with Crippen LogP contribution in [0.4, 0.5) is 14.5 Å². The molecule has 198 valence electrons. The molecule has 0 fully saturated rings. The van der Waals surface area contributed by atoms with Gasteiger partial charge in [-0.05, 0) is 50.2 Å². The maximum Gasteiger partial charge on any atom is 0.340 e.